The lowest BCUT2D eigenvalue weighted by molar-refractivity contribution is 0.911. The molecular formula is C15H13Cl3. The van der Waals surface area contributed by atoms with Crippen molar-refractivity contribution in [1.82, 2.24) is 0 Å². The SMILES string of the molecule is Cc1ccccc1CC(Cl)c1ccc(Cl)c(Cl)c1. The molecule has 1 atom stereocenters. The third-order valence-electron chi connectivity index (χ3n) is 2.97. The summed E-state index contributed by atoms with van der Waals surface area (Å²) in [4.78, 5) is 0. The molecule has 2 aromatic rings. The summed E-state index contributed by atoms with van der Waals surface area (Å²) in [5.41, 5.74) is 3.50. The first kappa shape index (κ1) is 13.7. The maximum Gasteiger partial charge on any atom is 0.0626 e. The fourth-order valence-corrected chi connectivity index (χ4v) is 2.47. The van der Waals surface area contributed by atoms with E-state index in [0.717, 1.165) is 12.0 Å². The molecule has 0 N–H and O–H groups in total. The molecule has 0 radical (unpaired) electrons. The lowest BCUT2D eigenvalue weighted by atomic mass is 10.0. The van der Waals surface area contributed by atoms with Crippen LogP contribution in [0.2, 0.25) is 10.0 Å². The second kappa shape index (κ2) is 5.97. The van der Waals surface area contributed by atoms with E-state index in [1.165, 1.54) is 11.1 Å². The molecule has 0 bridgehead atoms. The molecule has 0 nitrogen and oxygen atoms in total. The Hall–Kier alpha value is -0.690. The van der Waals surface area contributed by atoms with Crippen LogP contribution in [0.5, 0.6) is 0 Å². The first-order chi connectivity index (χ1) is 8.58. The monoisotopic (exact) mass is 298 g/mol. The summed E-state index contributed by atoms with van der Waals surface area (Å²) < 4.78 is 0. The summed E-state index contributed by atoms with van der Waals surface area (Å²) in [6.45, 7) is 2.09. The first-order valence-corrected chi connectivity index (χ1v) is 6.90. The Morgan fingerprint density at radius 2 is 1.72 bits per heavy atom. The Kier molecular flexibility index (Phi) is 4.55. The molecular weight excluding hydrogens is 287 g/mol. The molecule has 94 valence electrons. The molecule has 2 aromatic carbocycles. The number of hydrogen-bond donors (Lipinski definition) is 0. The van der Waals surface area contributed by atoms with Crippen molar-refractivity contribution in [2.45, 2.75) is 18.7 Å². The minimum atomic E-state index is -0.0964. The summed E-state index contributed by atoms with van der Waals surface area (Å²) >= 11 is 18.3. The van der Waals surface area contributed by atoms with Crippen LogP contribution in [-0.2, 0) is 6.42 Å². The molecule has 0 spiro atoms. The predicted octanol–water partition coefficient (Wildman–Crippen LogP) is 5.82. The van der Waals surface area contributed by atoms with Gasteiger partial charge in [0.05, 0.1) is 15.4 Å². The molecule has 0 aliphatic carbocycles. The van der Waals surface area contributed by atoms with Crippen LogP contribution >= 0.6 is 34.8 Å². The standard InChI is InChI=1S/C15H13Cl3/c1-10-4-2-3-5-11(10)8-14(17)12-6-7-13(16)15(18)9-12/h2-7,9,14H,8H2,1H3. The lowest BCUT2D eigenvalue weighted by Crippen LogP contribution is -1.98. The van der Waals surface area contributed by atoms with E-state index in [1.807, 2.05) is 24.3 Å². The molecule has 18 heavy (non-hydrogen) atoms. The molecule has 0 saturated carbocycles. The van der Waals surface area contributed by atoms with Crippen LogP contribution in [0, 0.1) is 6.92 Å². The highest BCUT2D eigenvalue weighted by Gasteiger charge is 2.11. The normalized spacial score (nSPS) is 12.4. The molecule has 0 aromatic heterocycles. The van der Waals surface area contributed by atoms with Gasteiger partial charge in [0.25, 0.3) is 0 Å². The number of aryl methyl sites for hydroxylation is 1. The second-order valence-corrected chi connectivity index (χ2v) is 5.61. The summed E-state index contributed by atoms with van der Waals surface area (Å²) in [5.74, 6) is 0. The van der Waals surface area contributed by atoms with Crippen molar-refractivity contribution in [3.8, 4) is 0 Å². The Labute approximate surface area is 122 Å². The van der Waals surface area contributed by atoms with Crippen molar-refractivity contribution in [1.29, 1.82) is 0 Å². The molecule has 3 heteroatoms. The van der Waals surface area contributed by atoms with Crippen LogP contribution in [0.3, 0.4) is 0 Å². The van der Waals surface area contributed by atoms with E-state index in [4.69, 9.17) is 34.8 Å². The lowest BCUT2D eigenvalue weighted by Gasteiger charge is -2.12. The van der Waals surface area contributed by atoms with Crippen LogP contribution < -0.4 is 0 Å². The molecule has 2 rings (SSSR count). The zero-order chi connectivity index (χ0) is 13.1. The van der Waals surface area contributed by atoms with Gasteiger partial charge in [-0.3, -0.25) is 0 Å². The van der Waals surface area contributed by atoms with Crippen molar-refractivity contribution < 1.29 is 0 Å². The Balaban J connectivity index is 2.19. The van der Waals surface area contributed by atoms with Gasteiger partial charge in [0, 0.05) is 0 Å². The van der Waals surface area contributed by atoms with Gasteiger partial charge < -0.3 is 0 Å². The van der Waals surface area contributed by atoms with E-state index >= 15 is 0 Å². The van der Waals surface area contributed by atoms with Gasteiger partial charge in [-0.25, -0.2) is 0 Å². The molecule has 0 fully saturated rings. The quantitative estimate of drug-likeness (QED) is 0.626. The molecule has 0 aliphatic rings. The van der Waals surface area contributed by atoms with Crippen molar-refractivity contribution in [2.75, 3.05) is 0 Å². The Morgan fingerprint density at radius 3 is 2.39 bits per heavy atom. The number of halogens is 3. The molecule has 0 heterocycles. The predicted molar refractivity (Wildman–Crippen MR) is 79.9 cm³/mol. The number of alkyl halides is 1. The van der Waals surface area contributed by atoms with Crippen LogP contribution in [0.1, 0.15) is 22.1 Å². The smallest absolute Gasteiger partial charge is 0.0626 e. The maximum atomic E-state index is 6.44. The molecule has 0 saturated heterocycles. The van der Waals surface area contributed by atoms with Crippen molar-refractivity contribution in [2.24, 2.45) is 0 Å². The summed E-state index contributed by atoms with van der Waals surface area (Å²) in [6, 6.07) is 13.8. The fourth-order valence-electron chi connectivity index (χ4n) is 1.86. The van der Waals surface area contributed by atoms with E-state index in [-0.39, 0.29) is 5.38 Å². The fraction of sp³-hybridized carbons (Fsp3) is 0.200. The summed E-state index contributed by atoms with van der Waals surface area (Å²) in [7, 11) is 0. The zero-order valence-electron chi connectivity index (χ0n) is 9.96. The van der Waals surface area contributed by atoms with Gasteiger partial charge in [-0.1, -0.05) is 53.5 Å². The van der Waals surface area contributed by atoms with Crippen molar-refractivity contribution in [3.05, 3.63) is 69.2 Å². The van der Waals surface area contributed by atoms with Crippen LogP contribution in [0.25, 0.3) is 0 Å². The number of hydrogen-bond acceptors (Lipinski definition) is 0. The van der Waals surface area contributed by atoms with E-state index in [1.54, 1.807) is 6.07 Å². The average Bonchev–Trinajstić information content (AvgIpc) is 2.35. The summed E-state index contributed by atoms with van der Waals surface area (Å²) in [5, 5.41) is 1.01. The first-order valence-electron chi connectivity index (χ1n) is 5.71. The number of rotatable bonds is 3. The third-order valence-corrected chi connectivity index (χ3v) is 4.11. The van der Waals surface area contributed by atoms with Crippen LogP contribution in [-0.4, -0.2) is 0 Å². The molecule has 1 unspecified atom stereocenters. The zero-order valence-corrected chi connectivity index (χ0v) is 12.2. The van der Waals surface area contributed by atoms with E-state index in [2.05, 4.69) is 19.1 Å². The van der Waals surface area contributed by atoms with Crippen LogP contribution in [0.4, 0.5) is 0 Å². The van der Waals surface area contributed by atoms with Crippen LogP contribution in [0.15, 0.2) is 42.5 Å². The van der Waals surface area contributed by atoms with Gasteiger partial charge in [0.1, 0.15) is 0 Å². The van der Waals surface area contributed by atoms with Gasteiger partial charge in [-0.15, -0.1) is 11.6 Å². The Bertz CT molecular complexity index is 549. The second-order valence-electron chi connectivity index (χ2n) is 4.27. The van der Waals surface area contributed by atoms with Crippen molar-refractivity contribution >= 4 is 34.8 Å². The van der Waals surface area contributed by atoms with Gasteiger partial charge in [0.2, 0.25) is 0 Å². The van der Waals surface area contributed by atoms with E-state index < -0.39 is 0 Å². The van der Waals surface area contributed by atoms with Gasteiger partial charge in [-0.2, -0.15) is 0 Å². The van der Waals surface area contributed by atoms with Gasteiger partial charge in [0.15, 0.2) is 0 Å². The minimum absolute atomic E-state index is 0.0964. The molecule has 0 aliphatic heterocycles. The van der Waals surface area contributed by atoms with Gasteiger partial charge in [-0.05, 0) is 42.2 Å². The topological polar surface area (TPSA) is 0 Å². The maximum absolute atomic E-state index is 6.44. The highest BCUT2D eigenvalue weighted by molar-refractivity contribution is 6.42. The third kappa shape index (κ3) is 3.20. The Morgan fingerprint density at radius 1 is 1.00 bits per heavy atom. The molecule has 0 amide bonds. The number of benzene rings is 2. The minimum Gasteiger partial charge on any atom is -0.117 e. The van der Waals surface area contributed by atoms with E-state index in [0.29, 0.717) is 10.0 Å². The van der Waals surface area contributed by atoms with Gasteiger partial charge >= 0.3 is 0 Å². The highest BCUT2D eigenvalue weighted by atomic mass is 35.5. The van der Waals surface area contributed by atoms with E-state index in [9.17, 15) is 0 Å². The highest BCUT2D eigenvalue weighted by Crippen LogP contribution is 2.31. The summed E-state index contributed by atoms with van der Waals surface area (Å²) in [6.07, 6.45) is 0.784. The average molecular weight is 300 g/mol. The van der Waals surface area contributed by atoms with Crippen molar-refractivity contribution in [3.63, 3.8) is 0 Å². The largest absolute Gasteiger partial charge is 0.117 e.